The Hall–Kier alpha value is -2.33. The molecule has 2 rings (SSSR count). The number of carbonyl (C=O) groups is 1. The fourth-order valence-electron chi connectivity index (χ4n) is 1.91. The first-order valence-electron chi connectivity index (χ1n) is 7.03. The fraction of sp³-hybridized carbons (Fsp3) is 0.235. The smallest absolute Gasteiger partial charge is 0.227 e. The zero-order valence-electron chi connectivity index (χ0n) is 12.1. The molecule has 0 aliphatic rings. The van der Waals surface area contributed by atoms with Gasteiger partial charge >= 0.3 is 0 Å². The first-order chi connectivity index (χ1) is 10.2. The number of para-hydroxylation sites is 1. The molecular formula is C17H20N2O2. The predicted molar refractivity (Wildman–Crippen MR) is 84.4 cm³/mol. The van der Waals surface area contributed by atoms with Crippen LogP contribution in [0.15, 0.2) is 54.6 Å². The number of carbonyl (C=O) groups excluding carboxylic acids is 1. The van der Waals surface area contributed by atoms with Gasteiger partial charge in [-0.15, -0.1) is 0 Å². The van der Waals surface area contributed by atoms with Crippen LogP contribution in [0, 0.1) is 5.92 Å². The van der Waals surface area contributed by atoms with Crippen LogP contribution in [0.4, 0.5) is 5.69 Å². The second-order valence-electron chi connectivity index (χ2n) is 4.91. The molecule has 0 aliphatic heterocycles. The average Bonchev–Trinajstić information content (AvgIpc) is 2.49. The standard InChI is InChI=1S/C17H20N2O2/c1-13(10-11-18)17(20)19-14-6-5-9-16(12-14)21-15-7-3-2-4-8-15/h2-9,12-13H,10-11,18H2,1H3,(H,19,20). The molecule has 1 amide bonds. The van der Waals surface area contributed by atoms with Gasteiger partial charge in [0.1, 0.15) is 11.5 Å². The maximum absolute atomic E-state index is 12.0. The summed E-state index contributed by atoms with van der Waals surface area (Å²) in [5, 5.41) is 2.88. The third-order valence-electron chi connectivity index (χ3n) is 3.13. The predicted octanol–water partition coefficient (Wildman–Crippen LogP) is 3.40. The lowest BCUT2D eigenvalue weighted by molar-refractivity contribution is -0.119. The maximum atomic E-state index is 12.0. The van der Waals surface area contributed by atoms with Crippen LogP contribution in [-0.4, -0.2) is 12.5 Å². The summed E-state index contributed by atoms with van der Waals surface area (Å²) in [7, 11) is 0. The van der Waals surface area contributed by atoms with Crippen molar-refractivity contribution >= 4 is 11.6 Å². The summed E-state index contributed by atoms with van der Waals surface area (Å²) >= 11 is 0. The molecule has 0 aromatic heterocycles. The lowest BCUT2D eigenvalue weighted by atomic mass is 10.1. The molecular weight excluding hydrogens is 264 g/mol. The summed E-state index contributed by atoms with van der Waals surface area (Å²) in [5.41, 5.74) is 6.19. The van der Waals surface area contributed by atoms with E-state index in [0.29, 0.717) is 18.7 Å². The summed E-state index contributed by atoms with van der Waals surface area (Å²) in [5.74, 6) is 1.31. The normalized spacial score (nSPS) is 11.7. The van der Waals surface area contributed by atoms with E-state index in [9.17, 15) is 4.79 Å². The minimum absolute atomic E-state index is 0.0303. The van der Waals surface area contributed by atoms with Gasteiger partial charge in [-0.3, -0.25) is 4.79 Å². The van der Waals surface area contributed by atoms with Gasteiger partial charge in [-0.2, -0.15) is 0 Å². The van der Waals surface area contributed by atoms with Crippen LogP contribution in [-0.2, 0) is 4.79 Å². The molecule has 21 heavy (non-hydrogen) atoms. The number of nitrogens with two attached hydrogens (primary N) is 1. The Kier molecular flexibility index (Phi) is 5.35. The van der Waals surface area contributed by atoms with Crippen molar-refractivity contribution < 1.29 is 9.53 Å². The maximum Gasteiger partial charge on any atom is 0.227 e. The summed E-state index contributed by atoms with van der Waals surface area (Å²) in [6, 6.07) is 16.9. The van der Waals surface area contributed by atoms with E-state index in [-0.39, 0.29) is 11.8 Å². The Morgan fingerprint density at radius 1 is 1.14 bits per heavy atom. The van der Waals surface area contributed by atoms with E-state index in [1.54, 1.807) is 6.07 Å². The fourth-order valence-corrected chi connectivity index (χ4v) is 1.91. The van der Waals surface area contributed by atoms with Crippen LogP contribution < -0.4 is 15.8 Å². The van der Waals surface area contributed by atoms with Gasteiger partial charge in [0.15, 0.2) is 0 Å². The SMILES string of the molecule is CC(CCN)C(=O)Nc1cccc(Oc2ccccc2)c1. The van der Waals surface area contributed by atoms with Crippen molar-refractivity contribution in [1.82, 2.24) is 0 Å². The van der Waals surface area contributed by atoms with E-state index in [1.807, 2.05) is 55.5 Å². The van der Waals surface area contributed by atoms with E-state index in [4.69, 9.17) is 10.5 Å². The molecule has 0 bridgehead atoms. The third kappa shape index (κ3) is 4.61. The van der Waals surface area contributed by atoms with Gasteiger partial charge in [-0.1, -0.05) is 31.2 Å². The molecule has 0 fully saturated rings. The first kappa shape index (κ1) is 15.1. The van der Waals surface area contributed by atoms with Crippen LogP contribution in [0.5, 0.6) is 11.5 Å². The summed E-state index contributed by atoms with van der Waals surface area (Å²) in [4.78, 5) is 12.0. The Balaban J connectivity index is 2.02. The van der Waals surface area contributed by atoms with Crippen molar-refractivity contribution in [3.8, 4) is 11.5 Å². The Morgan fingerprint density at radius 2 is 1.86 bits per heavy atom. The van der Waals surface area contributed by atoms with Gasteiger partial charge in [0.25, 0.3) is 0 Å². The van der Waals surface area contributed by atoms with Crippen LogP contribution in [0.1, 0.15) is 13.3 Å². The van der Waals surface area contributed by atoms with E-state index < -0.39 is 0 Å². The van der Waals surface area contributed by atoms with Crippen molar-refractivity contribution in [2.75, 3.05) is 11.9 Å². The zero-order chi connectivity index (χ0) is 15.1. The van der Waals surface area contributed by atoms with Crippen LogP contribution >= 0.6 is 0 Å². The molecule has 0 aliphatic carbocycles. The van der Waals surface area contributed by atoms with Gasteiger partial charge in [0.05, 0.1) is 0 Å². The molecule has 0 heterocycles. The first-order valence-corrected chi connectivity index (χ1v) is 7.03. The van der Waals surface area contributed by atoms with Crippen molar-refractivity contribution in [1.29, 1.82) is 0 Å². The quantitative estimate of drug-likeness (QED) is 0.854. The monoisotopic (exact) mass is 284 g/mol. The largest absolute Gasteiger partial charge is 0.457 e. The lowest BCUT2D eigenvalue weighted by Crippen LogP contribution is -2.22. The Labute approximate surface area is 124 Å². The van der Waals surface area contributed by atoms with Crippen molar-refractivity contribution in [3.05, 3.63) is 54.6 Å². The van der Waals surface area contributed by atoms with E-state index in [0.717, 1.165) is 11.4 Å². The minimum atomic E-state index is -0.103. The number of benzene rings is 2. The molecule has 0 saturated heterocycles. The molecule has 1 atom stereocenters. The van der Waals surface area contributed by atoms with Gasteiger partial charge in [-0.05, 0) is 37.2 Å². The molecule has 0 saturated carbocycles. The number of ether oxygens (including phenoxy) is 1. The van der Waals surface area contributed by atoms with Gasteiger partial charge in [0, 0.05) is 17.7 Å². The number of anilines is 1. The molecule has 110 valence electrons. The van der Waals surface area contributed by atoms with Crippen molar-refractivity contribution in [3.63, 3.8) is 0 Å². The van der Waals surface area contributed by atoms with E-state index >= 15 is 0 Å². The number of hydrogen-bond donors (Lipinski definition) is 2. The average molecular weight is 284 g/mol. The van der Waals surface area contributed by atoms with E-state index in [1.165, 1.54) is 0 Å². The lowest BCUT2D eigenvalue weighted by Gasteiger charge is -2.12. The Morgan fingerprint density at radius 3 is 2.57 bits per heavy atom. The van der Waals surface area contributed by atoms with Crippen molar-refractivity contribution in [2.45, 2.75) is 13.3 Å². The highest BCUT2D eigenvalue weighted by Gasteiger charge is 2.12. The molecule has 4 heteroatoms. The second-order valence-corrected chi connectivity index (χ2v) is 4.91. The molecule has 4 nitrogen and oxygen atoms in total. The number of nitrogens with one attached hydrogen (secondary N) is 1. The van der Waals surface area contributed by atoms with Crippen molar-refractivity contribution in [2.24, 2.45) is 11.7 Å². The molecule has 1 unspecified atom stereocenters. The highest BCUT2D eigenvalue weighted by molar-refractivity contribution is 5.92. The molecule has 2 aromatic rings. The third-order valence-corrected chi connectivity index (χ3v) is 3.13. The van der Waals surface area contributed by atoms with Gasteiger partial charge in [-0.25, -0.2) is 0 Å². The number of amides is 1. The molecule has 0 radical (unpaired) electrons. The van der Waals surface area contributed by atoms with Gasteiger partial charge < -0.3 is 15.8 Å². The van der Waals surface area contributed by atoms with Crippen LogP contribution in [0.25, 0.3) is 0 Å². The summed E-state index contributed by atoms with van der Waals surface area (Å²) < 4.78 is 5.74. The minimum Gasteiger partial charge on any atom is -0.457 e. The van der Waals surface area contributed by atoms with Crippen LogP contribution in [0.2, 0.25) is 0 Å². The molecule has 0 spiro atoms. The number of rotatable bonds is 6. The van der Waals surface area contributed by atoms with E-state index in [2.05, 4.69) is 5.32 Å². The number of hydrogen-bond acceptors (Lipinski definition) is 3. The highest BCUT2D eigenvalue weighted by Crippen LogP contribution is 2.24. The summed E-state index contributed by atoms with van der Waals surface area (Å²) in [6.45, 7) is 2.37. The topological polar surface area (TPSA) is 64.4 Å². The Bertz CT molecular complexity index is 584. The highest BCUT2D eigenvalue weighted by atomic mass is 16.5. The second kappa shape index (κ2) is 7.45. The summed E-state index contributed by atoms with van der Waals surface area (Å²) in [6.07, 6.45) is 0.673. The zero-order valence-corrected chi connectivity index (χ0v) is 12.1. The molecule has 2 aromatic carbocycles. The van der Waals surface area contributed by atoms with Gasteiger partial charge in [0.2, 0.25) is 5.91 Å². The molecule has 3 N–H and O–H groups in total. The van der Waals surface area contributed by atoms with Crippen LogP contribution in [0.3, 0.4) is 0 Å².